The van der Waals surface area contributed by atoms with Crippen molar-refractivity contribution in [1.82, 2.24) is 9.78 Å². The molecule has 0 saturated heterocycles. The minimum atomic E-state index is -0.670. The van der Waals surface area contributed by atoms with E-state index < -0.39 is 6.10 Å². The second-order valence-corrected chi connectivity index (χ2v) is 6.40. The molecule has 0 fully saturated rings. The highest BCUT2D eigenvalue weighted by atomic mass is 35.5. The van der Waals surface area contributed by atoms with E-state index in [1.807, 2.05) is 12.1 Å². The summed E-state index contributed by atoms with van der Waals surface area (Å²) in [5, 5.41) is 7.61. The lowest BCUT2D eigenvalue weighted by molar-refractivity contribution is -0.122. The highest BCUT2D eigenvalue weighted by Gasteiger charge is 2.15. The van der Waals surface area contributed by atoms with Gasteiger partial charge in [0.05, 0.1) is 5.69 Å². The lowest BCUT2D eigenvalue weighted by atomic mass is 10.1. The predicted molar refractivity (Wildman–Crippen MR) is 105 cm³/mol. The molecule has 3 rings (SSSR count). The van der Waals surface area contributed by atoms with Crippen molar-refractivity contribution < 1.29 is 9.53 Å². The summed E-state index contributed by atoms with van der Waals surface area (Å²) in [7, 11) is 1.60. The molecule has 7 heteroatoms. The smallest absolute Gasteiger partial charge is 0.266 e. The van der Waals surface area contributed by atoms with Gasteiger partial charge < -0.3 is 10.1 Å². The molecule has 1 N–H and O–H groups in total. The van der Waals surface area contributed by atoms with E-state index in [0.717, 1.165) is 5.56 Å². The minimum Gasteiger partial charge on any atom is -0.481 e. The van der Waals surface area contributed by atoms with Crippen LogP contribution in [0.3, 0.4) is 0 Å². The first-order valence-corrected chi connectivity index (χ1v) is 8.68. The number of aryl methyl sites for hydroxylation is 1. The summed E-state index contributed by atoms with van der Waals surface area (Å²) in [5.41, 5.74) is 1.99. The number of halogens is 1. The number of aromatic nitrogens is 2. The number of nitrogens with zero attached hydrogens (tertiary/aromatic N) is 2. The van der Waals surface area contributed by atoms with Crippen LogP contribution >= 0.6 is 11.6 Å². The molecule has 0 aliphatic carbocycles. The Kier molecular flexibility index (Phi) is 5.57. The number of benzene rings is 2. The highest BCUT2D eigenvalue weighted by Crippen LogP contribution is 2.20. The van der Waals surface area contributed by atoms with Crippen molar-refractivity contribution >= 4 is 23.2 Å². The SMILES string of the molecule is CC(Oc1ccc(Cl)cc1)C(=O)Nc1ccc(-c2ccc(=O)n(C)n2)cc1. The molecular weight excluding hydrogens is 366 g/mol. The Hall–Kier alpha value is -3.12. The quantitative estimate of drug-likeness (QED) is 0.731. The molecule has 0 radical (unpaired) electrons. The van der Waals surface area contributed by atoms with E-state index in [1.54, 1.807) is 56.4 Å². The van der Waals surface area contributed by atoms with Crippen molar-refractivity contribution in [3.8, 4) is 17.0 Å². The first-order chi connectivity index (χ1) is 12.9. The molecule has 6 nitrogen and oxygen atoms in total. The summed E-state index contributed by atoms with van der Waals surface area (Å²) in [6.45, 7) is 1.67. The Bertz CT molecular complexity index is 998. The van der Waals surface area contributed by atoms with Crippen LogP contribution in [-0.4, -0.2) is 21.8 Å². The Morgan fingerprint density at radius 1 is 1.07 bits per heavy atom. The van der Waals surface area contributed by atoms with Gasteiger partial charge in [0.25, 0.3) is 11.5 Å². The predicted octanol–water partition coefficient (Wildman–Crippen LogP) is 3.51. The van der Waals surface area contributed by atoms with Crippen LogP contribution in [0, 0.1) is 0 Å². The summed E-state index contributed by atoms with van der Waals surface area (Å²) in [6.07, 6.45) is -0.670. The summed E-state index contributed by atoms with van der Waals surface area (Å²) in [6, 6.07) is 17.2. The van der Waals surface area contributed by atoms with E-state index in [4.69, 9.17) is 16.3 Å². The van der Waals surface area contributed by atoms with Gasteiger partial charge in [0.2, 0.25) is 0 Å². The maximum Gasteiger partial charge on any atom is 0.266 e. The van der Waals surface area contributed by atoms with E-state index in [1.165, 1.54) is 10.7 Å². The third-order valence-electron chi connectivity index (χ3n) is 3.90. The van der Waals surface area contributed by atoms with Crippen molar-refractivity contribution in [2.45, 2.75) is 13.0 Å². The van der Waals surface area contributed by atoms with Gasteiger partial charge in [-0.05, 0) is 49.4 Å². The normalized spacial score (nSPS) is 11.7. The molecule has 0 spiro atoms. The lowest BCUT2D eigenvalue weighted by Gasteiger charge is -2.15. The summed E-state index contributed by atoms with van der Waals surface area (Å²) >= 11 is 5.84. The molecule has 27 heavy (non-hydrogen) atoms. The van der Waals surface area contributed by atoms with Crippen molar-refractivity contribution in [1.29, 1.82) is 0 Å². The number of carbonyl (C=O) groups excluding carboxylic acids is 1. The van der Waals surface area contributed by atoms with Gasteiger partial charge in [0.15, 0.2) is 6.10 Å². The zero-order valence-electron chi connectivity index (χ0n) is 14.8. The molecule has 1 unspecified atom stereocenters. The fourth-order valence-electron chi connectivity index (χ4n) is 2.40. The van der Waals surface area contributed by atoms with E-state index in [0.29, 0.717) is 22.2 Å². The van der Waals surface area contributed by atoms with E-state index >= 15 is 0 Å². The summed E-state index contributed by atoms with van der Waals surface area (Å²) in [4.78, 5) is 23.7. The second kappa shape index (κ2) is 8.05. The van der Waals surface area contributed by atoms with Crippen LogP contribution in [0.5, 0.6) is 5.75 Å². The topological polar surface area (TPSA) is 73.2 Å². The van der Waals surface area contributed by atoms with E-state index in [9.17, 15) is 9.59 Å². The van der Waals surface area contributed by atoms with Gasteiger partial charge in [-0.25, -0.2) is 4.68 Å². The van der Waals surface area contributed by atoms with Crippen LogP contribution in [-0.2, 0) is 11.8 Å². The molecule has 2 aromatic carbocycles. The van der Waals surface area contributed by atoms with Gasteiger partial charge in [-0.3, -0.25) is 9.59 Å². The van der Waals surface area contributed by atoms with Gasteiger partial charge >= 0.3 is 0 Å². The third kappa shape index (κ3) is 4.74. The van der Waals surface area contributed by atoms with Crippen molar-refractivity contribution in [2.24, 2.45) is 7.05 Å². The zero-order chi connectivity index (χ0) is 19.4. The largest absolute Gasteiger partial charge is 0.481 e. The third-order valence-corrected chi connectivity index (χ3v) is 4.16. The van der Waals surface area contributed by atoms with Crippen molar-refractivity contribution in [3.05, 3.63) is 76.0 Å². The number of ether oxygens (including phenoxy) is 1. The molecule has 0 bridgehead atoms. The van der Waals surface area contributed by atoms with Crippen LogP contribution in [0.4, 0.5) is 5.69 Å². The first-order valence-electron chi connectivity index (χ1n) is 8.30. The fraction of sp³-hybridized carbons (Fsp3) is 0.150. The average Bonchev–Trinajstić information content (AvgIpc) is 2.66. The second-order valence-electron chi connectivity index (χ2n) is 5.96. The van der Waals surface area contributed by atoms with E-state index in [-0.39, 0.29) is 11.5 Å². The number of hydrogen-bond donors (Lipinski definition) is 1. The molecule has 1 amide bonds. The number of hydrogen-bond acceptors (Lipinski definition) is 4. The standard InChI is InChI=1S/C20H18ClN3O3/c1-13(27-17-9-5-15(21)6-10-17)20(26)22-16-7-3-14(4-8-16)18-11-12-19(25)24(2)23-18/h3-13H,1-2H3,(H,22,26). The van der Waals surface area contributed by atoms with Crippen LogP contribution < -0.4 is 15.6 Å². The molecule has 1 atom stereocenters. The van der Waals surface area contributed by atoms with Crippen molar-refractivity contribution in [3.63, 3.8) is 0 Å². The number of carbonyl (C=O) groups is 1. The maximum atomic E-state index is 12.3. The monoisotopic (exact) mass is 383 g/mol. The van der Waals surface area contributed by atoms with Gasteiger partial charge in [-0.1, -0.05) is 23.7 Å². The number of anilines is 1. The zero-order valence-corrected chi connectivity index (χ0v) is 15.6. The maximum absolute atomic E-state index is 12.3. The number of nitrogens with one attached hydrogen (secondary N) is 1. The van der Waals surface area contributed by atoms with Crippen LogP contribution in [0.1, 0.15) is 6.92 Å². The average molecular weight is 384 g/mol. The Balaban J connectivity index is 1.64. The van der Waals surface area contributed by atoms with Crippen LogP contribution in [0.25, 0.3) is 11.3 Å². The molecule has 138 valence electrons. The van der Waals surface area contributed by atoms with Gasteiger partial charge in [-0.2, -0.15) is 5.10 Å². The number of rotatable bonds is 5. The van der Waals surface area contributed by atoms with Crippen LogP contribution in [0.15, 0.2) is 65.5 Å². The molecule has 1 heterocycles. The Morgan fingerprint density at radius 3 is 2.37 bits per heavy atom. The Labute approximate surface area is 161 Å². The summed E-state index contributed by atoms with van der Waals surface area (Å²) < 4.78 is 6.89. The van der Waals surface area contributed by atoms with Crippen molar-refractivity contribution in [2.75, 3.05) is 5.32 Å². The van der Waals surface area contributed by atoms with Gasteiger partial charge in [0, 0.05) is 29.4 Å². The lowest BCUT2D eigenvalue weighted by Crippen LogP contribution is -2.30. The van der Waals surface area contributed by atoms with Gasteiger partial charge in [0.1, 0.15) is 5.75 Å². The minimum absolute atomic E-state index is 0.169. The summed E-state index contributed by atoms with van der Waals surface area (Å²) in [5.74, 6) is 0.302. The molecule has 0 aliphatic heterocycles. The van der Waals surface area contributed by atoms with Crippen LogP contribution in [0.2, 0.25) is 5.02 Å². The first kappa shape index (κ1) is 18.7. The molecule has 3 aromatic rings. The molecular formula is C20H18ClN3O3. The number of amides is 1. The fourth-order valence-corrected chi connectivity index (χ4v) is 2.52. The highest BCUT2D eigenvalue weighted by molar-refractivity contribution is 6.30. The van der Waals surface area contributed by atoms with E-state index in [2.05, 4.69) is 10.4 Å². The Morgan fingerprint density at radius 2 is 1.74 bits per heavy atom. The molecule has 0 aliphatic rings. The molecule has 1 aromatic heterocycles. The van der Waals surface area contributed by atoms with Gasteiger partial charge in [-0.15, -0.1) is 0 Å². The molecule has 0 saturated carbocycles.